The van der Waals surface area contributed by atoms with Crippen molar-refractivity contribution in [1.29, 1.82) is 0 Å². The number of hydrogen-bond donors (Lipinski definition) is 1. The van der Waals surface area contributed by atoms with Gasteiger partial charge in [-0.15, -0.1) is 0 Å². The van der Waals surface area contributed by atoms with Crippen LogP contribution in [-0.2, 0) is 16.1 Å². The molecule has 33 heavy (non-hydrogen) atoms. The van der Waals surface area contributed by atoms with Gasteiger partial charge >= 0.3 is 0 Å². The van der Waals surface area contributed by atoms with Crippen molar-refractivity contribution in [2.45, 2.75) is 19.4 Å². The van der Waals surface area contributed by atoms with E-state index in [4.69, 9.17) is 9.26 Å². The van der Waals surface area contributed by atoms with Crippen molar-refractivity contribution >= 4 is 11.7 Å². The van der Waals surface area contributed by atoms with E-state index in [0.717, 1.165) is 0 Å². The van der Waals surface area contributed by atoms with Crippen LogP contribution in [0.15, 0.2) is 59.4 Å². The number of anilines is 1. The standard InChI is InChI=1S/C23H21FN6O3/c24-17-4-2-1-3-16(17)14-30-20(18-8-12-33-29-18)13-19(28-30)22-25-9-5-21(26-22)27-23(31)15-6-10-32-11-7-15/h1-5,8-9,12-13,15H,6-7,10-11,14H2,(H,25,26,27,31). The minimum absolute atomic E-state index is 0.0867. The van der Waals surface area contributed by atoms with Gasteiger partial charge in [0.05, 0.1) is 12.2 Å². The van der Waals surface area contributed by atoms with Gasteiger partial charge in [0.1, 0.15) is 29.3 Å². The first-order valence-electron chi connectivity index (χ1n) is 10.6. The zero-order valence-electron chi connectivity index (χ0n) is 17.6. The summed E-state index contributed by atoms with van der Waals surface area (Å²) < 4.78 is 26.2. The summed E-state index contributed by atoms with van der Waals surface area (Å²) in [4.78, 5) is 21.3. The van der Waals surface area contributed by atoms with Crippen LogP contribution in [0.1, 0.15) is 18.4 Å². The number of carbonyl (C=O) groups is 1. The first-order chi connectivity index (χ1) is 16.2. The topological polar surface area (TPSA) is 108 Å². The first-order valence-corrected chi connectivity index (χ1v) is 10.6. The zero-order valence-corrected chi connectivity index (χ0v) is 17.6. The Hall–Kier alpha value is -3.92. The molecule has 1 saturated heterocycles. The number of amides is 1. The highest BCUT2D eigenvalue weighted by Gasteiger charge is 2.22. The van der Waals surface area contributed by atoms with Gasteiger partial charge in [-0.25, -0.2) is 14.4 Å². The summed E-state index contributed by atoms with van der Waals surface area (Å²) in [5, 5.41) is 11.4. The molecule has 10 heteroatoms. The fourth-order valence-corrected chi connectivity index (χ4v) is 3.73. The molecule has 1 amide bonds. The fraction of sp³-hybridized carbons (Fsp3) is 0.261. The van der Waals surface area contributed by atoms with Gasteiger partial charge in [-0.1, -0.05) is 23.4 Å². The number of benzene rings is 1. The summed E-state index contributed by atoms with van der Waals surface area (Å²) in [5.41, 5.74) is 2.12. The highest BCUT2D eigenvalue weighted by atomic mass is 19.1. The molecule has 1 N–H and O–H groups in total. The number of carbonyl (C=O) groups excluding carboxylic acids is 1. The number of nitrogens with zero attached hydrogens (tertiary/aromatic N) is 5. The Morgan fingerprint density at radius 2 is 2.00 bits per heavy atom. The molecule has 9 nitrogen and oxygen atoms in total. The van der Waals surface area contributed by atoms with Crippen LogP contribution in [0.4, 0.5) is 10.2 Å². The summed E-state index contributed by atoms with van der Waals surface area (Å²) in [7, 11) is 0. The van der Waals surface area contributed by atoms with E-state index in [1.807, 2.05) is 0 Å². The molecule has 1 aliphatic heterocycles. The Morgan fingerprint density at radius 1 is 1.15 bits per heavy atom. The second-order valence-electron chi connectivity index (χ2n) is 7.69. The number of aromatic nitrogens is 5. The predicted molar refractivity (Wildman–Crippen MR) is 116 cm³/mol. The van der Waals surface area contributed by atoms with Crippen molar-refractivity contribution < 1.29 is 18.4 Å². The Balaban J connectivity index is 1.44. The normalized spacial score (nSPS) is 14.3. The summed E-state index contributed by atoms with van der Waals surface area (Å²) >= 11 is 0. The third-order valence-electron chi connectivity index (χ3n) is 5.49. The van der Waals surface area contributed by atoms with E-state index in [-0.39, 0.29) is 24.2 Å². The lowest BCUT2D eigenvalue weighted by Gasteiger charge is -2.20. The van der Waals surface area contributed by atoms with E-state index in [2.05, 4.69) is 25.5 Å². The molecule has 1 aromatic carbocycles. The van der Waals surface area contributed by atoms with E-state index in [0.29, 0.717) is 60.3 Å². The molecule has 0 saturated carbocycles. The van der Waals surface area contributed by atoms with Crippen molar-refractivity contribution in [3.05, 3.63) is 66.3 Å². The van der Waals surface area contributed by atoms with Gasteiger partial charge in [-0.05, 0) is 31.0 Å². The smallest absolute Gasteiger partial charge is 0.228 e. The van der Waals surface area contributed by atoms with Crippen molar-refractivity contribution in [2.24, 2.45) is 5.92 Å². The highest BCUT2D eigenvalue weighted by Crippen LogP contribution is 2.25. The van der Waals surface area contributed by atoms with E-state index >= 15 is 0 Å². The van der Waals surface area contributed by atoms with Crippen LogP contribution in [0, 0.1) is 11.7 Å². The van der Waals surface area contributed by atoms with Crippen LogP contribution < -0.4 is 5.32 Å². The van der Waals surface area contributed by atoms with E-state index < -0.39 is 0 Å². The van der Waals surface area contributed by atoms with Crippen LogP contribution in [0.5, 0.6) is 0 Å². The van der Waals surface area contributed by atoms with Crippen LogP contribution in [0.2, 0.25) is 0 Å². The Bertz CT molecular complexity index is 1250. The molecule has 0 aliphatic carbocycles. The molecule has 0 atom stereocenters. The zero-order chi connectivity index (χ0) is 22.6. The summed E-state index contributed by atoms with van der Waals surface area (Å²) in [6, 6.07) is 11.6. The molecule has 1 fully saturated rings. The number of halogens is 1. The predicted octanol–water partition coefficient (Wildman–Crippen LogP) is 3.55. The van der Waals surface area contributed by atoms with Crippen molar-refractivity contribution in [2.75, 3.05) is 18.5 Å². The average molecular weight is 448 g/mol. The molecule has 0 spiro atoms. The Morgan fingerprint density at radius 3 is 2.79 bits per heavy atom. The molecule has 5 rings (SSSR count). The lowest BCUT2D eigenvalue weighted by atomic mass is 9.99. The number of rotatable bonds is 6. The first kappa shape index (κ1) is 21.0. The van der Waals surface area contributed by atoms with Crippen LogP contribution in [0.25, 0.3) is 22.9 Å². The molecule has 0 unspecified atom stereocenters. The number of hydrogen-bond acceptors (Lipinski definition) is 7. The average Bonchev–Trinajstić information content (AvgIpc) is 3.51. The molecular weight excluding hydrogens is 427 g/mol. The Labute approximate surface area is 188 Å². The quantitative estimate of drug-likeness (QED) is 0.481. The molecule has 4 aromatic rings. The van der Waals surface area contributed by atoms with E-state index in [1.54, 1.807) is 47.3 Å². The highest BCUT2D eigenvalue weighted by molar-refractivity contribution is 5.91. The minimum Gasteiger partial charge on any atom is -0.381 e. The van der Waals surface area contributed by atoms with Gasteiger partial charge in [0.25, 0.3) is 0 Å². The second-order valence-corrected chi connectivity index (χ2v) is 7.69. The SMILES string of the molecule is O=C(Nc1ccnc(-c2cc(-c3ccon3)n(Cc3ccccc3F)n2)n1)C1CCOCC1. The minimum atomic E-state index is -0.324. The monoisotopic (exact) mass is 448 g/mol. The Kier molecular flexibility index (Phi) is 5.90. The molecule has 1 aliphatic rings. The van der Waals surface area contributed by atoms with Gasteiger partial charge in [0, 0.05) is 37.0 Å². The van der Waals surface area contributed by atoms with Crippen molar-refractivity contribution in [3.63, 3.8) is 0 Å². The number of nitrogens with one attached hydrogen (secondary N) is 1. The van der Waals surface area contributed by atoms with Crippen LogP contribution in [-0.4, -0.2) is 44.0 Å². The third-order valence-corrected chi connectivity index (χ3v) is 5.49. The number of ether oxygens (including phenoxy) is 1. The molecule has 3 aromatic heterocycles. The molecule has 168 valence electrons. The van der Waals surface area contributed by atoms with Gasteiger partial charge < -0.3 is 14.6 Å². The van der Waals surface area contributed by atoms with Gasteiger partial charge in [-0.3, -0.25) is 9.48 Å². The van der Waals surface area contributed by atoms with Crippen LogP contribution >= 0.6 is 0 Å². The second kappa shape index (κ2) is 9.29. The summed E-state index contributed by atoms with van der Waals surface area (Å²) in [6.45, 7) is 1.35. The summed E-state index contributed by atoms with van der Waals surface area (Å²) in [6.07, 6.45) is 4.39. The van der Waals surface area contributed by atoms with E-state index in [1.165, 1.54) is 12.3 Å². The maximum Gasteiger partial charge on any atom is 0.228 e. The third kappa shape index (κ3) is 4.65. The van der Waals surface area contributed by atoms with E-state index in [9.17, 15) is 9.18 Å². The maximum atomic E-state index is 14.3. The molecule has 0 bridgehead atoms. The van der Waals surface area contributed by atoms with Gasteiger partial charge in [-0.2, -0.15) is 5.10 Å². The maximum absolute atomic E-state index is 14.3. The molecule has 4 heterocycles. The van der Waals surface area contributed by atoms with Gasteiger partial charge in [0.2, 0.25) is 5.91 Å². The van der Waals surface area contributed by atoms with Crippen molar-refractivity contribution in [3.8, 4) is 22.9 Å². The lowest BCUT2D eigenvalue weighted by Crippen LogP contribution is -2.28. The molecule has 0 radical (unpaired) electrons. The lowest BCUT2D eigenvalue weighted by molar-refractivity contribution is -0.122. The van der Waals surface area contributed by atoms with Crippen LogP contribution in [0.3, 0.4) is 0 Å². The fourth-order valence-electron chi connectivity index (χ4n) is 3.73. The van der Waals surface area contributed by atoms with Gasteiger partial charge in [0.15, 0.2) is 5.82 Å². The molecular formula is C23H21FN6O3. The van der Waals surface area contributed by atoms with Crippen molar-refractivity contribution in [1.82, 2.24) is 24.9 Å². The largest absolute Gasteiger partial charge is 0.381 e. The summed E-state index contributed by atoms with van der Waals surface area (Å²) in [5.74, 6) is 0.210.